The molecule has 0 spiro atoms. The lowest BCUT2D eigenvalue weighted by molar-refractivity contribution is -0.361. The molecule has 3 N–H and O–H groups in total. The predicted octanol–water partition coefficient (Wildman–Crippen LogP) is 4.92. The topological polar surface area (TPSA) is 59.3 Å². The maximum absolute atomic E-state index is 10.9. The SMILES string of the molecule is Cc1cc[nH+]c(N[C@H](c2ccc(Cl)cc2)c2ccc3cccnc3c2O)c1. The molecular weight excluding hydrogens is 358 g/mol. The van der Waals surface area contributed by atoms with E-state index in [1.807, 2.05) is 73.8 Å². The Hall–Kier alpha value is -3.11. The minimum Gasteiger partial charge on any atom is -0.505 e. The number of aryl methyl sites for hydroxylation is 1. The van der Waals surface area contributed by atoms with Crippen molar-refractivity contribution in [1.82, 2.24) is 4.98 Å². The van der Waals surface area contributed by atoms with Gasteiger partial charge in [-0.25, -0.2) is 4.98 Å². The summed E-state index contributed by atoms with van der Waals surface area (Å²) in [6.07, 6.45) is 3.57. The quantitative estimate of drug-likeness (QED) is 0.531. The Kier molecular flexibility index (Phi) is 4.65. The van der Waals surface area contributed by atoms with Crippen molar-refractivity contribution in [3.63, 3.8) is 0 Å². The van der Waals surface area contributed by atoms with Gasteiger partial charge in [0.2, 0.25) is 0 Å². The number of fused-ring (bicyclic) bond motifs is 1. The standard InChI is InChI=1S/C22H18ClN3O/c1-14-10-12-24-19(13-14)26-20(16-4-7-17(23)8-5-16)18-9-6-15-3-2-11-25-21(15)22(18)27/h2-13,20,27H,1H3,(H,24,26)/p+1/t20-/m1/s1. The third kappa shape index (κ3) is 3.57. The number of hydrogen-bond donors (Lipinski definition) is 2. The third-order valence-electron chi connectivity index (χ3n) is 4.55. The van der Waals surface area contributed by atoms with Crippen LogP contribution < -0.4 is 10.3 Å². The number of aromatic nitrogens is 2. The molecule has 2 aromatic heterocycles. The van der Waals surface area contributed by atoms with Crippen molar-refractivity contribution in [3.05, 3.63) is 94.8 Å². The third-order valence-corrected chi connectivity index (χ3v) is 4.80. The Morgan fingerprint density at radius 1 is 1.07 bits per heavy atom. The summed E-state index contributed by atoms with van der Waals surface area (Å²) in [5.74, 6) is 1.03. The van der Waals surface area contributed by atoms with Gasteiger partial charge in [-0.1, -0.05) is 35.9 Å². The monoisotopic (exact) mass is 376 g/mol. The predicted molar refractivity (Wildman–Crippen MR) is 108 cm³/mol. The normalized spacial score (nSPS) is 12.1. The average Bonchev–Trinajstić information content (AvgIpc) is 2.68. The second-order valence-electron chi connectivity index (χ2n) is 6.49. The Morgan fingerprint density at radius 2 is 1.89 bits per heavy atom. The van der Waals surface area contributed by atoms with Gasteiger partial charge in [-0.05, 0) is 42.8 Å². The van der Waals surface area contributed by atoms with Gasteiger partial charge < -0.3 is 5.11 Å². The first-order chi connectivity index (χ1) is 13.1. The summed E-state index contributed by atoms with van der Waals surface area (Å²) >= 11 is 6.07. The number of aromatic hydroxyl groups is 1. The van der Waals surface area contributed by atoms with Crippen LogP contribution in [0.4, 0.5) is 5.82 Å². The van der Waals surface area contributed by atoms with E-state index >= 15 is 0 Å². The number of phenolic OH excluding ortho intramolecular Hbond substituents is 1. The molecule has 27 heavy (non-hydrogen) atoms. The molecule has 0 aliphatic carbocycles. The fourth-order valence-electron chi connectivity index (χ4n) is 3.19. The van der Waals surface area contributed by atoms with E-state index in [9.17, 15) is 5.11 Å². The molecule has 0 saturated heterocycles. The van der Waals surface area contributed by atoms with Crippen molar-refractivity contribution < 1.29 is 10.1 Å². The highest BCUT2D eigenvalue weighted by Gasteiger charge is 2.24. The molecule has 134 valence electrons. The Bertz CT molecular complexity index is 1100. The lowest BCUT2D eigenvalue weighted by Gasteiger charge is -2.18. The summed E-state index contributed by atoms with van der Waals surface area (Å²) in [5.41, 5.74) is 3.46. The van der Waals surface area contributed by atoms with Crippen molar-refractivity contribution in [3.8, 4) is 5.75 Å². The number of nitrogens with one attached hydrogen (secondary N) is 2. The largest absolute Gasteiger partial charge is 0.505 e. The molecule has 2 heterocycles. The first-order valence-corrected chi connectivity index (χ1v) is 9.06. The van der Waals surface area contributed by atoms with E-state index in [1.165, 1.54) is 0 Å². The highest BCUT2D eigenvalue weighted by molar-refractivity contribution is 6.30. The lowest BCUT2D eigenvalue weighted by Crippen LogP contribution is -2.19. The maximum Gasteiger partial charge on any atom is 0.273 e. The molecule has 1 atom stereocenters. The number of phenols is 1. The summed E-state index contributed by atoms with van der Waals surface area (Å²) in [7, 11) is 0. The Labute approximate surface area is 162 Å². The molecule has 4 nitrogen and oxygen atoms in total. The van der Waals surface area contributed by atoms with Gasteiger partial charge in [0.25, 0.3) is 5.82 Å². The second kappa shape index (κ2) is 7.25. The van der Waals surface area contributed by atoms with Crippen molar-refractivity contribution in [2.24, 2.45) is 0 Å². The summed E-state index contributed by atoms with van der Waals surface area (Å²) in [6, 6.07) is 19.1. The van der Waals surface area contributed by atoms with E-state index in [2.05, 4.69) is 15.3 Å². The van der Waals surface area contributed by atoms with Crippen molar-refractivity contribution in [1.29, 1.82) is 0 Å². The van der Waals surface area contributed by atoms with Crippen LogP contribution in [0.3, 0.4) is 0 Å². The van der Waals surface area contributed by atoms with Gasteiger partial charge in [-0.2, -0.15) is 0 Å². The molecule has 0 amide bonds. The van der Waals surface area contributed by atoms with E-state index < -0.39 is 0 Å². The van der Waals surface area contributed by atoms with E-state index in [4.69, 9.17) is 11.6 Å². The molecule has 0 aliphatic heterocycles. The molecule has 0 aliphatic rings. The van der Waals surface area contributed by atoms with Crippen molar-refractivity contribution in [2.45, 2.75) is 13.0 Å². The van der Waals surface area contributed by atoms with Crippen LogP contribution in [0.1, 0.15) is 22.7 Å². The smallest absolute Gasteiger partial charge is 0.273 e. The molecule has 4 rings (SSSR count). The number of pyridine rings is 2. The number of aromatic amines is 1. The van der Waals surface area contributed by atoms with Crippen LogP contribution in [-0.4, -0.2) is 10.1 Å². The Morgan fingerprint density at radius 3 is 2.67 bits per heavy atom. The van der Waals surface area contributed by atoms with E-state index in [0.717, 1.165) is 27.9 Å². The number of halogens is 1. The lowest BCUT2D eigenvalue weighted by atomic mass is 9.96. The van der Waals surface area contributed by atoms with Crippen LogP contribution >= 0.6 is 11.6 Å². The minimum atomic E-state index is -0.272. The summed E-state index contributed by atoms with van der Waals surface area (Å²) in [5, 5.41) is 16.0. The highest BCUT2D eigenvalue weighted by atomic mass is 35.5. The van der Waals surface area contributed by atoms with E-state index in [-0.39, 0.29) is 11.8 Å². The first-order valence-electron chi connectivity index (χ1n) is 8.69. The zero-order valence-corrected chi connectivity index (χ0v) is 15.5. The number of benzene rings is 2. The molecular formula is C22H19ClN3O+. The zero-order chi connectivity index (χ0) is 18.8. The van der Waals surface area contributed by atoms with Gasteiger partial charge in [0.15, 0.2) is 0 Å². The minimum absolute atomic E-state index is 0.174. The molecule has 0 unspecified atom stereocenters. The molecule has 2 aromatic carbocycles. The fraction of sp³-hybridized carbons (Fsp3) is 0.0909. The highest BCUT2D eigenvalue weighted by Crippen LogP contribution is 2.36. The summed E-state index contributed by atoms with van der Waals surface area (Å²) < 4.78 is 0. The average molecular weight is 377 g/mol. The van der Waals surface area contributed by atoms with Gasteiger partial charge >= 0.3 is 0 Å². The number of nitrogens with zero attached hydrogens (tertiary/aromatic N) is 1. The Balaban J connectivity index is 1.84. The summed E-state index contributed by atoms with van der Waals surface area (Å²) in [4.78, 5) is 7.56. The van der Waals surface area contributed by atoms with Crippen LogP contribution in [0, 0.1) is 6.92 Å². The van der Waals surface area contributed by atoms with Gasteiger partial charge in [0.05, 0.1) is 6.20 Å². The molecule has 4 aromatic rings. The number of anilines is 1. The van der Waals surface area contributed by atoms with Crippen molar-refractivity contribution in [2.75, 3.05) is 5.32 Å². The van der Waals surface area contributed by atoms with Crippen LogP contribution in [0.5, 0.6) is 5.75 Å². The number of H-pyrrole nitrogens is 1. The zero-order valence-electron chi connectivity index (χ0n) is 14.8. The van der Waals surface area contributed by atoms with Crippen LogP contribution in [0.15, 0.2) is 73.1 Å². The van der Waals surface area contributed by atoms with Gasteiger partial charge in [-0.15, -0.1) is 0 Å². The molecule has 0 radical (unpaired) electrons. The molecule has 0 bridgehead atoms. The van der Waals surface area contributed by atoms with Gasteiger partial charge in [-0.3, -0.25) is 10.3 Å². The number of hydrogen-bond acceptors (Lipinski definition) is 3. The van der Waals surface area contributed by atoms with Crippen LogP contribution in [0.2, 0.25) is 5.02 Å². The van der Waals surface area contributed by atoms with Crippen LogP contribution in [-0.2, 0) is 0 Å². The summed E-state index contributed by atoms with van der Waals surface area (Å²) in [6.45, 7) is 2.04. The maximum atomic E-state index is 10.9. The second-order valence-corrected chi connectivity index (χ2v) is 6.92. The van der Waals surface area contributed by atoms with E-state index in [1.54, 1.807) is 6.20 Å². The number of rotatable bonds is 4. The molecule has 5 heteroatoms. The fourth-order valence-corrected chi connectivity index (χ4v) is 3.32. The first kappa shape index (κ1) is 17.3. The van der Waals surface area contributed by atoms with Gasteiger partial charge in [0, 0.05) is 33.8 Å². The van der Waals surface area contributed by atoms with Gasteiger partial charge in [0.1, 0.15) is 17.3 Å². The van der Waals surface area contributed by atoms with Crippen LogP contribution in [0.25, 0.3) is 10.9 Å². The molecule has 0 fully saturated rings. The van der Waals surface area contributed by atoms with Crippen molar-refractivity contribution >= 4 is 28.3 Å². The van der Waals surface area contributed by atoms with E-state index in [0.29, 0.717) is 10.5 Å². The molecule has 0 saturated carbocycles.